The zero-order valence-electron chi connectivity index (χ0n) is 5.31. The second-order valence-electron chi connectivity index (χ2n) is 1.87. The summed E-state index contributed by atoms with van der Waals surface area (Å²) in [6, 6.07) is 0. The molecule has 0 amide bonds. The quantitative estimate of drug-likeness (QED) is 0.570. The summed E-state index contributed by atoms with van der Waals surface area (Å²) in [5.41, 5.74) is 6.47. The fraction of sp³-hybridized carbons (Fsp3) is 0.500. The molecule has 0 aromatic carbocycles. The standard InChI is InChI=1S/C4H7N2O2S2/c1-10(7,8)6-2-3-9-4(6)5/h2-5H,1H3. The molecule has 4 nitrogen and oxygen atoms in total. The van der Waals surface area contributed by atoms with Crippen LogP contribution < -0.4 is 5.73 Å². The summed E-state index contributed by atoms with van der Waals surface area (Å²) in [5.74, 6) is 0. The molecular formula is C4H7N2O2S2. The Hall–Kier alpha value is -0.200. The Kier molecular flexibility index (Phi) is 1.93. The van der Waals surface area contributed by atoms with Gasteiger partial charge in [-0.05, 0) is 5.41 Å². The molecule has 1 aliphatic rings. The van der Waals surface area contributed by atoms with Gasteiger partial charge in [0.25, 0.3) is 0 Å². The zero-order chi connectivity index (χ0) is 7.78. The Morgan fingerprint density at radius 1 is 1.70 bits per heavy atom. The summed E-state index contributed by atoms with van der Waals surface area (Å²) in [7, 11) is -3.21. The van der Waals surface area contributed by atoms with Crippen molar-refractivity contribution in [2.45, 2.75) is 5.50 Å². The summed E-state index contributed by atoms with van der Waals surface area (Å²) in [4.78, 5) is 0. The van der Waals surface area contributed by atoms with E-state index in [1.165, 1.54) is 18.0 Å². The Morgan fingerprint density at radius 3 is 2.50 bits per heavy atom. The molecule has 0 bridgehead atoms. The second kappa shape index (κ2) is 2.44. The van der Waals surface area contributed by atoms with Gasteiger partial charge in [0.1, 0.15) is 0 Å². The molecule has 1 radical (unpaired) electrons. The predicted octanol–water partition coefficient (Wildman–Crippen LogP) is 0.0325. The van der Waals surface area contributed by atoms with E-state index >= 15 is 0 Å². The minimum absolute atomic E-state index is 0.727. The first-order valence-corrected chi connectivity index (χ1v) is 5.33. The number of thioether (sulfide) groups is 1. The van der Waals surface area contributed by atoms with Crippen molar-refractivity contribution in [2.24, 2.45) is 0 Å². The van der Waals surface area contributed by atoms with Gasteiger partial charge in [-0.1, -0.05) is 11.8 Å². The van der Waals surface area contributed by atoms with Crippen molar-refractivity contribution in [1.82, 2.24) is 10.0 Å². The van der Waals surface area contributed by atoms with E-state index in [-0.39, 0.29) is 0 Å². The van der Waals surface area contributed by atoms with Crippen LogP contribution in [0.4, 0.5) is 0 Å². The summed E-state index contributed by atoms with van der Waals surface area (Å²) in [6.07, 6.45) is 2.49. The third-order valence-corrected chi connectivity index (χ3v) is 3.02. The third kappa shape index (κ3) is 1.44. The van der Waals surface area contributed by atoms with E-state index < -0.39 is 15.5 Å². The Labute approximate surface area is 64.1 Å². The van der Waals surface area contributed by atoms with Gasteiger partial charge in [-0.2, -0.15) is 0 Å². The maximum absolute atomic E-state index is 10.8. The molecule has 0 saturated carbocycles. The minimum Gasteiger partial charge on any atom is -0.249 e. The highest BCUT2D eigenvalue weighted by Gasteiger charge is 2.23. The molecule has 1 atom stereocenters. The van der Waals surface area contributed by atoms with Crippen LogP contribution in [0.2, 0.25) is 0 Å². The van der Waals surface area contributed by atoms with Gasteiger partial charge in [-0.3, -0.25) is 0 Å². The number of sulfonamides is 1. The number of rotatable bonds is 1. The molecule has 10 heavy (non-hydrogen) atoms. The van der Waals surface area contributed by atoms with Crippen molar-refractivity contribution >= 4 is 21.8 Å². The maximum Gasteiger partial charge on any atom is 0.233 e. The summed E-state index contributed by atoms with van der Waals surface area (Å²) in [5, 5.41) is 1.60. The lowest BCUT2D eigenvalue weighted by Crippen LogP contribution is -2.30. The van der Waals surface area contributed by atoms with E-state index in [1.807, 2.05) is 0 Å². The van der Waals surface area contributed by atoms with Crippen LogP contribution in [0.1, 0.15) is 0 Å². The summed E-state index contributed by atoms with van der Waals surface area (Å²) in [6.45, 7) is 0. The molecule has 0 fully saturated rings. The number of hydrogen-bond acceptors (Lipinski definition) is 3. The molecule has 1 aliphatic heterocycles. The molecule has 0 aromatic rings. The van der Waals surface area contributed by atoms with Gasteiger partial charge in [0.15, 0.2) is 5.50 Å². The van der Waals surface area contributed by atoms with Crippen LogP contribution in [0.25, 0.3) is 0 Å². The van der Waals surface area contributed by atoms with E-state index in [4.69, 9.17) is 5.73 Å². The predicted molar refractivity (Wildman–Crippen MR) is 40.3 cm³/mol. The van der Waals surface area contributed by atoms with Crippen molar-refractivity contribution in [2.75, 3.05) is 6.26 Å². The van der Waals surface area contributed by atoms with Gasteiger partial charge in [0, 0.05) is 6.20 Å². The highest BCUT2D eigenvalue weighted by atomic mass is 32.2. The Bertz CT molecular complexity index is 246. The molecule has 0 aliphatic carbocycles. The highest BCUT2D eigenvalue weighted by molar-refractivity contribution is 8.03. The largest absolute Gasteiger partial charge is 0.249 e. The van der Waals surface area contributed by atoms with Crippen LogP contribution in [0.3, 0.4) is 0 Å². The van der Waals surface area contributed by atoms with Crippen LogP contribution >= 0.6 is 11.8 Å². The van der Waals surface area contributed by atoms with Crippen molar-refractivity contribution in [1.29, 1.82) is 0 Å². The molecule has 1 heterocycles. The van der Waals surface area contributed by atoms with Gasteiger partial charge in [0.2, 0.25) is 10.0 Å². The molecule has 0 aromatic heterocycles. The van der Waals surface area contributed by atoms with Crippen LogP contribution in [-0.4, -0.2) is 24.5 Å². The number of hydrogen-bond donors (Lipinski definition) is 0. The second-order valence-corrected chi connectivity index (χ2v) is 4.75. The van der Waals surface area contributed by atoms with Crippen LogP contribution in [0, 0.1) is 0 Å². The maximum atomic E-state index is 10.8. The van der Waals surface area contributed by atoms with Gasteiger partial charge >= 0.3 is 0 Å². The number of nitrogens with zero attached hydrogens (tertiary/aromatic N) is 1. The van der Waals surface area contributed by atoms with Gasteiger partial charge < -0.3 is 0 Å². The van der Waals surface area contributed by atoms with E-state index in [9.17, 15) is 8.42 Å². The van der Waals surface area contributed by atoms with Crippen molar-refractivity contribution in [3.8, 4) is 0 Å². The normalized spacial score (nSPS) is 25.8. The average Bonchev–Trinajstić information content (AvgIpc) is 2.11. The van der Waals surface area contributed by atoms with Crippen molar-refractivity contribution in [3.63, 3.8) is 0 Å². The topological polar surface area (TPSA) is 61.2 Å². The highest BCUT2D eigenvalue weighted by Crippen LogP contribution is 2.23. The van der Waals surface area contributed by atoms with E-state index in [2.05, 4.69) is 0 Å². The lowest BCUT2D eigenvalue weighted by atomic mass is 10.9. The summed E-state index contributed by atoms with van der Waals surface area (Å²) >= 11 is 1.17. The van der Waals surface area contributed by atoms with Crippen molar-refractivity contribution < 1.29 is 8.42 Å². The molecule has 0 spiro atoms. The fourth-order valence-corrected chi connectivity index (χ4v) is 2.46. The smallest absolute Gasteiger partial charge is 0.233 e. The van der Waals surface area contributed by atoms with E-state index in [0.29, 0.717) is 0 Å². The SMILES string of the molecule is CS(=O)(=O)N1C=CSC1[NH]. The van der Waals surface area contributed by atoms with Crippen LogP contribution in [0.15, 0.2) is 11.6 Å². The van der Waals surface area contributed by atoms with Gasteiger partial charge in [-0.15, -0.1) is 0 Å². The molecule has 6 heteroatoms. The van der Waals surface area contributed by atoms with E-state index in [1.54, 1.807) is 5.41 Å². The molecule has 1 N–H and O–H groups in total. The van der Waals surface area contributed by atoms with Gasteiger partial charge in [-0.25, -0.2) is 18.5 Å². The molecular weight excluding hydrogens is 172 g/mol. The average molecular weight is 179 g/mol. The number of nitrogens with one attached hydrogen (secondary N) is 1. The molecule has 0 saturated heterocycles. The lowest BCUT2D eigenvalue weighted by Gasteiger charge is -2.16. The van der Waals surface area contributed by atoms with Crippen LogP contribution in [-0.2, 0) is 10.0 Å². The van der Waals surface area contributed by atoms with Gasteiger partial charge in [0.05, 0.1) is 6.26 Å². The molecule has 1 unspecified atom stereocenters. The summed E-state index contributed by atoms with van der Waals surface area (Å²) < 4.78 is 22.6. The Morgan fingerprint density at radius 2 is 2.30 bits per heavy atom. The fourth-order valence-electron chi connectivity index (χ4n) is 0.592. The monoisotopic (exact) mass is 179 g/mol. The van der Waals surface area contributed by atoms with Crippen molar-refractivity contribution in [3.05, 3.63) is 11.6 Å². The van der Waals surface area contributed by atoms with E-state index in [0.717, 1.165) is 10.6 Å². The zero-order valence-corrected chi connectivity index (χ0v) is 6.95. The first-order chi connectivity index (χ1) is 4.52. The first kappa shape index (κ1) is 7.90. The Balaban J connectivity index is 2.84. The molecule has 57 valence electrons. The lowest BCUT2D eigenvalue weighted by molar-refractivity contribution is 0.492. The molecule has 1 rings (SSSR count). The minimum atomic E-state index is -3.21. The first-order valence-electron chi connectivity index (χ1n) is 2.53. The third-order valence-electron chi connectivity index (χ3n) is 1.03. The van der Waals surface area contributed by atoms with Crippen LogP contribution in [0.5, 0.6) is 0 Å².